The van der Waals surface area contributed by atoms with Crippen molar-refractivity contribution in [3.8, 4) is 23.0 Å². The van der Waals surface area contributed by atoms with Gasteiger partial charge < -0.3 is 4.52 Å². The van der Waals surface area contributed by atoms with E-state index in [1.807, 2.05) is 0 Å². The Morgan fingerprint density at radius 3 is 2.71 bits per heavy atom. The van der Waals surface area contributed by atoms with Gasteiger partial charge in [0.05, 0.1) is 4.92 Å². The second-order valence-corrected chi connectivity index (χ2v) is 4.08. The second-order valence-electron chi connectivity index (χ2n) is 4.08. The molecule has 0 amide bonds. The van der Waals surface area contributed by atoms with Crippen molar-refractivity contribution in [3.05, 3.63) is 58.5 Å². The lowest BCUT2D eigenvalue weighted by Gasteiger charge is -1.94. The molecule has 1 aromatic carbocycles. The van der Waals surface area contributed by atoms with Gasteiger partial charge in [-0.3, -0.25) is 10.1 Å². The van der Waals surface area contributed by atoms with Crippen molar-refractivity contribution in [1.29, 1.82) is 0 Å². The monoisotopic (exact) mass is 286 g/mol. The minimum Gasteiger partial charge on any atom is -0.332 e. The van der Waals surface area contributed by atoms with Crippen molar-refractivity contribution < 1.29 is 13.8 Å². The lowest BCUT2D eigenvalue weighted by molar-refractivity contribution is -0.384. The molecule has 21 heavy (non-hydrogen) atoms. The Bertz CT molecular complexity index is 818. The van der Waals surface area contributed by atoms with Gasteiger partial charge in [-0.2, -0.15) is 9.37 Å². The van der Waals surface area contributed by atoms with Crippen molar-refractivity contribution in [3.63, 3.8) is 0 Å². The van der Waals surface area contributed by atoms with Crippen LogP contribution in [-0.2, 0) is 0 Å². The zero-order valence-corrected chi connectivity index (χ0v) is 10.4. The summed E-state index contributed by atoms with van der Waals surface area (Å²) in [6.07, 6.45) is 0. The Labute approximate surface area is 117 Å². The topological polar surface area (TPSA) is 95.0 Å². The fraction of sp³-hybridized carbons (Fsp3) is 0. The van der Waals surface area contributed by atoms with E-state index in [9.17, 15) is 14.5 Å². The van der Waals surface area contributed by atoms with Gasteiger partial charge in [-0.1, -0.05) is 23.4 Å². The summed E-state index contributed by atoms with van der Waals surface area (Å²) >= 11 is 0. The van der Waals surface area contributed by atoms with Crippen molar-refractivity contribution in [2.24, 2.45) is 0 Å². The van der Waals surface area contributed by atoms with E-state index < -0.39 is 10.9 Å². The van der Waals surface area contributed by atoms with E-state index in [-0.39, 0.29) is 23.1 Å². The molecule has 0 unspecified atom stereocenters. The average molecular weight is 286 g/mol. The first-order valence-electron chi connectivity index (χ1n) is 5.85. The van der Waals surface area contributed by atoms with Crippen LogP contribution >= 0.6 is 0 Å². The van der Waals surface area contributed by atoms with E-state index in [1.165, 1.54) is 36.4 Å². The maximum Gasteiger partial charge on any atom is 0.276 e. The molecule has 0 aliphatic heterocycles. The summed E-state index contributed by atoms with van der Waals surface area (Å²) in [6.45, 7) is 0. The minimum atomic E-state index is -0.664. The van der Waals surface area contributed by atoms with E-state index in [2.05, 4.69) is 15.1 Å². The van der Waals surface area contributed by atoms with Crippen LogP contribution in [-0.4, -0.2) is 20.0 Å². The normalized spacial score (nSPS) is 10.5. The van der Waals surface area contributed by atoms with Crippen LogP contribution in [0.1, 0.15) is 0 Å². The third kappa shape index (κ3) is 2.59. The van der Waals surface area contributed by atoms with Crippen LogP contribution in [0.3, 0.4) is 0 Å². The molecule has 8 heteroatoms. The molecule has 0 aliphatic rings. The highest BCUT2D eigenvalue weighted by Gasteiger charge is 2.14. The van der Waals surface area contributed by atoms with Crippen molar-refractivity contribution >= 4 is 5.69 Å². The number of hydrogen-bond acceptors (Lipinski definition) is 6. The van der Waals surface area contributed by atoms with E-state index in [1.54, 1.807) is 6.07 Å². The molecule has 0 spiro atoms. The number of nitrogens with zero attached hydrogens (tertiary/aromatic N) is 4. The third-order valence-electron chi connectivity index (χ3n) is 2.68. The molecule has 2 heterocycles. The maximum atomic E-state index is 13.0. The number of aromatic nitrogens is 3. The van der Waals surface area contributed by atoms with Gasteiger partial charge in [0.25, 0.3) is 11.6 Å². The first kappa shape index (κ1) is 12.9. The fourth-order valence-corrected chi connectivity index (χ4v) is 1.73. The zero-order chi connectivity index (χ0) is 14.8. The first-order valence-corrected chi connectivity index (χ1v) is 5.85. The largest absolute Gasteiger partial charge is 0.332 e. The van der Waals surface area contributed by atoms with Crippen LogP contribution < -0.4 is 0 Å². The van der Waals surface area contributed by atoms with Gasteiger partial charge in [-0.25, -0.2) is 4.98 Å². The first-order chi connectivity index (χ1) is 10.1. The van der Waals surface area contributed by atoms with Crippen molar-refractivity contribution in [1.82, 2.24) is 15.1 Å². The second kappa shape index (κ2) is 5.08. The Hall–Kier alpha value is -3.16. The zero-order valence-electron chi connectivity index (χ0n) is 10.4. The predicted molar refractivity (Wildman–Crippen MR) is 69.6 cm³/mol. The van der Waals surface area contributed by atoms with Crippen molar-refractivity contribution in [2.45, 2.75) is 0 Å². The standard InChI is InChI=1S/C13H7FN4O3/c14-11-6-2-5-10(15-11)13-16-12(17-21-13)8-3-1-4-9(7-8)18(19)20/h1-7H. The molecule has 104 valence electrons. The number of benzene rings is 1. The van der Waals surface area contributed by atoms with Crippen LogP contribution in [0.2, 0.25) is 0 Å². The molecule has 0 fully saturated rings. The highest BCUT2D eigenvalue weighted by atomic mass is 19.1. The van der Waals surface area contributed by atoms with Crippen LogP contribution in [0.25, 0.3) is 23.0 Å². The predicted octanol–water partition coefficient (Wildman–Crippen LogP) is 2.85. The molecule has 0 saturated carbocycles. The number of nitro benzene ring substituents is 1. The summed E-state index contributed by atoms with van der Waals surface area (Å²) in [7, 11) is 0. The van der Waals surface area contributed by atoms with E-state index in [4.69, 9.17) is 4.52 Å². The summed E-state index contributed by atoms with van der Waals surface area (Å²) < 4.78 is 18.0. The maximum absolute atomic E-state index is 13.0. The Kier molecular flexibility index (Phi) is 3.11. The van der Waals surface area contributed by atoms with Crippen LogP contribution in [0.4, 0.5) is 10.1 Å². The fourth-order valence-electron chi connectivity index (χ4n) is 1.73. The van der Waals surface area contributed by atoms with Crippen LogP contribution in [0, 0.1) is 16.1 Å². The quantitative estimate of drug-likeness (QED) is 0.417. The van der Waals surface area contributed by atoms with E-state index >= 15 is 0 Å². The molecule has 0 bridgehead atoms. The molecule has 7 nitrogen and oxygen atoms in total. The van der Waals surface area contributed by atoms with Crippen molar-refractivity contribution in [2.75, 3.05) is 0 Å². The number of non-ortho nitro benzene ring substituents is 1. The Morgan fingerprint density at radius 1 is 1.14 bits per heavy atom. The molecular weight excluding hydrogens is 279 g/mol. The van der Waals surface area contributed by atoms with Gasteiger partial charge in [-0.15, -0.1) is 0 Å². The lowest BCUT2D eigenvalue weighted by Crippen LogP contribution is -1.89. The molecule has 0 aliphatic carbocycles. The Balaban J connectivity index is 1.98. The SMILES string of the molecule is O=[N+]([O-])c1cccc(-c2noc(-c3cccc(F)n3)n2)c1. The molecule has 3 rings (SSSR count). The highest BCUT2D eigenvalue weighted by molar-refractivity contribution is 5.60. The molecule has 2 aromatic heterocycles. The number of hydrogen-bond donors (Lipinski definition) is 0. The Morgan fingerprint density at radius 2 is 1.95 bits per heavy atom. The summed E-state index contributed by atoms with van der Waals surface area (Å²) in [5, 5.41) is 14.5. The molecular formula is C13H7FN4O3. The van der Waals surface area contributed by atoms with Crippen LogP contribution in [0.15, 0.2) is 47.0 Å². The van der Waals surface area contributed by atoms with Crippen LogP contribution in [0.5, 0.6) is 0 Å². The number of nitro groups is 1. The van der Waals surface area contributed by atoms with Gasteiger partial charge >= 0.3 is 0 Å². The third-order valence-corrected chi connectivity index (χ3v) is 2.68. The molecule has 0 saturated heterocycles. The van der Waals surface area contributed by atoms with Gasteiger partial charge in [0, 0.05) is 17.7 Å². The molecule has 3 aromatic rings. The summed E-state index contributed by atoms with van der Waals surface area (Å²) in [6, 6.07) is 10.0. The van der Waals surface area contributed by atoms with E-state index in [0.29, 0.717) is 5.56 Å². The average Bonchev–Trinajstić information content (AvgIpc) is 2.97. The molecule has 0 N–H and O–H groups in total. The lowest BCUT2D eigenvalue weighted by atomic mass is 10.2. The summed E-state index contributed by atoms with van der Waals surface area (Å²) in [4.78, 5) is 17.9. The minimum absolute atomic E-state index is 0.0380. The number of pyridine rings is 1. The van der Waals surface area contributed by atoms with Gasteiger partial charge in [0.15, 0.2) is 0 Å². The van der Waals surface area contributed by atoms with Gasteiger partial charge in [0.1, 0.15) is 5.69 Å². The van der Waals surface area contributed by atoms with Gasteiger partial charge in [-0.05, 0) is 12.1 Å². The smallest absolute Gasteiger partial charge is 0.276 e. The summed E-state index contributed by atoms with van der Waals surface area (Å²) in [5.74, 6) is -0.460. The van der Waals surface area contributed by atoms with E-state index in [0.717, 1.165) is 0 Å². The van der Waals surface area contributed by atoms with Gasteiger partial charge in [0.2, 0.25) is 11.8 Å². The number of rotatable bonds is 3. The molecule has 0 atom stereocenters. The highest BCUT2D eigenvalue weighted by Crippen LogP contribution is 2.24. The summed E-state index contributed by atoms with van der Waals surface area (Å²) in [5.41, 5.74) is 0.539. The number of halogens is 1. The molecule has 0 radical (unpaired) electrons.